The van der Waals surface area contributed by atoms with Gasteiger partial charge in [-0.25, -0.2) is 9.69 Å². The zero-order valence-electron chi connectivity index (χ0n) is 17.4. The van der Waals surface area contributed by atoms with Crippen LogP contribution in [-0.2, 0) is 9.59 Å². The van der Waals surface area contributed by atoms with Gasteiger partial charge < -0.3 is 4.74 Å². The minimum atomic E-state index is -0.508. The number of nitrogens with zero attached hydrogens (tertiary/aromatic N) is 1. The van der Waals surface area contributed by atoms with Gasteiger partial charge >= 0.3 is 5.97 Å². The fraction of sp³-hybridized carbons (Fsp3) is 0.346. The van der Waals surface area contributed by atoms with Crippen LogP contribution in [0.1, 0.15) is 27.9 Å². The third-order valence-electron chi connectivity index (χ3n) is 7.41. The molecule has 2 saturated carbocycles. The summed E-state index contributed by atoms with van der Waals surface area (Å²) in [5, 5.41) is 0. The zero-order valence-corrected chi connectivity index (χ0v) is 17.4. The average molecular weight is 413 g/mol. The Bertz CT molecular complexity index is 1130. The fourth-order valence-corrected chi connectivity index (χ4v) is 6.14. The maximum Gasteiger partial charge on any atom is 0.343 e. The van der Waals surface area contributed by atoms with Crippen LogP contribution in [0.25, 0.3) is 0 Å². The Morgan fingerprint density at radius 2 is 1.52 bits per heavy atom. The molecule has 1 heterocycles. The van der Waals surface area contributed by atoms with Gasteiger partial charge in [-0.15, -0.1) is 0 Å². The first-order valence-electron chi connectivity index (χ1n) is 10.9. The summed E-state index contributed by atoms with van der Waals surface area (Å²) in [5.41, 5.74) is 2.78. The van der Waals surface area contributed by atoms with E-state index in [1.54, 1.807) is 36.4 Å². The molecule has 156 valence electrons. The third-order valence-corrected chi connectivity index (χ3v) is 7.41. The average Bonchev–Trinajstić information content (AvgIpc) is 3.51. The van der Waals surface area contributed by atoms with Crippen molar-refractivity contribution < 1.29 is 19.1 Å². The summed E-state index contributed by atoms with van der Waals surface area (Å²) in [6.45, 7) is 3.89. The van der Waals surface area contributed by atoms with Crippen molar-refractivity contribution >= 4 is 23.5 Å². The number of carbonyl (C=O) groups excluding carboxylic acids is 3. The smallest absolute Gasteiger partial charge is 0.343 e. The van der Waals surface area contributed by atoms with Gasteiger partial charge in [0.1, 0.15) is 5.75 Å². The fourth-order valence-electron chi connectivity index (χ4n) is 6.14. The number of imide groups is 1. The lowest BCUT2D eigenvalue weighted by atomic mass is 9.63. The SMILES string of the molecule is Cc1cc(C)cc(OC(=O)c2cccc(N3C(=O)[C@@H]4[C@H]5C=C[C@@H]([C@@H]6C[C@H]56)[C@H]4C3=O)c2)c1. The summed E-state index contributed by atoms with van der Waals surface area (Å²) < 4.78 is 5.55. The molecule has 1 aliphatic heterocycles. The number of aryl methyl sites for hydroxylation is 2. The van der Waals surface area contributed by atoms with Crippen LogP contribution in [-0.4, -0.2) is 17.8 Å². The molecule has 6 atom stereocenters. The Morgan fingerprint density at radius 1 is 0.903 bits per heavy atom. The lowest BCUT2D eigenvalue weighted by Crippen LogP contribution is -2.40. The number of allylic oxidation sites excluding steroid dienone is 2. The summed E-state index contributed by atoms with van der Waals surface area (Å²) in [7, 11) is 0. The van der Waals surface area contributed by atoms with Crippen molar-refractivity contribution in [2.75, 3.05) is 4.90 Å². The number of anilines is 1. The molecule has 0 spiro atoms. The number of benzene rings is 2. The van der Waals surface area contributed by atoms with Gasteiger partial charge in [-0.05, 0) is 85.4 Å². The summed E-state index contributed by atoms with van der Waals surface area (Å²) in [4.78, 5) is 40.7. The van der Waals surface area contributed by atoms with E-state index in [0.29, 0.717) is 28.8 Å². The van der Waals surface area contributed by atoms with Gasteiger partial charge in [0.15, 0.2) is 0 Å². The Labute approximate surface area is 180 Å². The maximum absolute atomic E-state index is 13.3. The normalized spacial score (nSPS) is 32.1. The lowest BCUT2D eigenvalue weighted by molar-refractivity contribution is -0.124. The van der Waals surface area contributed by atoms with E-state index >= 15 is 0 Å². The van der Waals surface area contributed by atoms with Gasteiger partial charge in [0.05, 0.1) is 23.1 Å². The minimum absolute atomic E-state index is 0.125. The molecule has 0 aromatic heterocycles. The molecule has 4 aliphatic carbocycles. The highest BCUT2D eigenvalue weighted by atomic mass is 16.5. The van der Waals surface area contributed by atoms with Crippen LogP contribution in [0.15, 0.2) is 54.6 Å². The van der Waals surface area contributed by atoms with Gasteiger partial charge in [-0.3, -0.25) is 9.59 Å². The molecule has 3 fully saturated rings. The van der Waals surface area contributed by atoms with Crippen molar-refractivity contribution in [2.24, 2.45) is 35.5 Å². The first kappa shape index (κ1) is 18.6. The largest absolute Gasteiger partial charge is 0.423 e. The van der Waals surface area contributed by atoms with Crippen molar-refractivity contribution in [2.45, 2.75) is 20.3 Å². The van der Waals surface area contributed by atoms with Gasteiger partial charge in [0, 0.05) is 0 Å². The Hall–Kier alpha value is -3.21. The van der Waals surface area contributed by atoms with Crippen molar-refractivity contribution in [3.8, 4) is 5.75 Å². The number of amides is 2. The molecule has 2 bridgehead atoms. The van der Waals surface area contributed by atoms with E-state index in [-0.39, 0.29) is 35.5 Å². The highest BCUT2D eigenvalue weighted by molar-refractivity contribution is 6.23. The first-order chi connectivity index (χ1) is 14.9. The molecule has 31 heavy (non-hydrogen) atoms. The molecule has 0 unspecified atom stereocenters. The van der Waals surface area contributed by atoms with E-state index in [1.807, 2.05) is 19.9 Å². The number of rotatable bonds is 3. The number of ether oxygens (including phenoxy) is 1. The molecule has 0 radical (unpaired) electrons. The first-order valence-corrected chi connectivity index (χ1v) is 10.9. The lowest BCUT2D eigenvalue weighted by Gasteiger charge is -2.37. The van der Waals surface area contributed by atoms with Crippen LogP contribution in [0, 0.1) is 49.4 Å². The van der Waals surface area contributed by atoms with Crippen LogP contribution in [0.3, 0.4) is 0 Å². The Morgan fingerprint density at radius 3 is 2.13 bits per heavy atom. The van der Waals surface area contributed by atoms with Crippen molar-refractivity contribution in [1.82, 2.24) is 0 Å². The van der Waals surface area contributed by atoms with E-state index in [2.05, 4.69) is 12.2 Å². The number of hydrogen-bond acceptors (Lipinski definition) is 4. The third kappa shape index (κ3) is 2.72. The molecule has 5 heteroatoms. The molecule has 2 aromatic carbocycles. The molecule has 5 nitrogen and oxygen atoms in total. The summed E-state index contributed by atoms with van der Waals surface area (Å²) in [6, 6.07) is 12.3. The molecule has 2 amide bonds. The zero-order chi connectivity index (χ0) is 21.4. The van der Waals surface area contributed by atoms with Crippen LogP contribution in [0.4, 0.5) is 5.69 Å². The highest BCUT2D eigenvalue weighted by Gasteiger charge is 2.67. The second-order valence-corrected chi connectivity index (χ2v) is 9.43. The second kappa shape index (κ2) is 6.39. The summed E-state index contributed by atoms with van der Waals surface area (Å²) >= 11 is 0. The Balaban J connectivity index is 1.28. The van der Waals surface area contributed by atoms with Crippen LogP contribution in [0.2, 0.25) is 0 Å². The predicted octanol–water partition coefficient (Wildman–Crippen LogP) is 4.08. The summed E-state index contributed by atoms with van der Waals surface area (Å²) in [5.74, 6) is 0.700. The maximum atomic E-state index is 13.3. The number of carbonyl (C=O) groups is 3. The molecule has 2 aromatic rings. The molecular weight excluding hydrogens is 390 g/mol. The Kier molecular flexibility index (Phi) is 3.83. The van der Waals surface area contributed by atoms with Gasteiger partial charge in [0.25, 0.3) is 0 Å². The van der Waals surface area contributed by atoms with E-state index in [9.17, 15) is 14.4 Å². The monoisotopic (exact) mass is 413 g/mol. The van der Waals surface area contributed by atoms with Gasteiger partial charge in [-0.1, -0.05) is 24.3 Å². The topological polar surface area (TPSA) is 63.7 Å². The van der Waals surface area contributed by atoms with Crippen molar-refractivity contribution in [3.63, 3.8) is 0 Å². The summed E-state index contributed by atoms with van der Waals surface area (Å²) in [6.07, 6.45) is 5.45. The molecular formula is C26H23NO4. The van der Waals surface area contributed by atoms with Crippen LogP contribution in [0.5, 0.6) is 5.75 Å². The highest BCUT2D eigenvalue weighted by Crippen LogP contribution is 2.65. The van der Waals surface area contributed by atoms with Gasteiger partial charge in [0.2, 0.25) is 11.8 Å². The second-order valence-electron chi connectivity index (χ2n) is 9.43. The van der Waals surface area contributed by atoms with E-state index < -0.39 is 5.97 Å². The van der Waals surface area contributed by atoms with E-state index in [1.165, 1.54) is 4.90 Å². The van der Waals surface area contributed by atoms with E-state index in [4.69, 9.17) is 4.74 Å². The number of hydrogen-bond donors (Lipinski definition) is 0. The molecule has 5 aliphatic rings. The standard InChI is InChI=1S/C26H23NO4/c1-13-8-14(2)10-17(9-13)31-26(30)15-4-3-5-16(11-15)27-24(28)22-18-6-7-19(21-12-20(18)21)23(22)25(27)29/h3-11,18-23H,12H2,1-2H3/t18-,19-,20-,21+,22+,23+/m0/s1. The molecule has 7 rings (SSSR count). The quantitative estimate of drug-likeness (QED) is 0.329. The minimum Gasteiger partial charge on any atom is -0.423 e. The van der Waals surface area contributed by atoms with Crippen LogP contribution < -0.4 is 9.64 Å². The van der Waals surface area contributed by atoms with E-state index in [0.717, 1.165) is 17.5 Å². The molecule has 1 saturated heterocycles. The number of esters is 1. The van der Waals surface area contributed by atoms with Crippen LogP contribution >= 0.6 is 0 Å². The molecule has 0 N–H and O–H groups in total. The van der Waals surface area contributed by atoms with Crippen molar-refractivity contribution in [1.29, 1.82) is 0 Å². The van der Waals surface area contributed by atoms with Crippen molar-refractivity contribution in [3.05, 3.63) is 71.3 Å². The van der Waals surface area contributed by atoms with Gasteiger partial charge in [-0.2, -0.15) is 0 Å². The predicted molar refractivity (Wildman–Crippen MR) is 115 cm³/mol.